The predicted molar refractivity (Wildman–Crippen MR) is 83.5 cm³/mol. The van der Waals surface area contributed by atoms with E-state index >= 15 is 0 Å². The zero-order valence-corrected chi connectivity index (χ0v) is 12.8. The van der Waals surface area contributed by atoms with Crippen LogP contribution in [-0.2, 0) is 6.18 Å². The molecule has 0 radical (unpaired) electrons. The van der Waals surface area contributed by atoms with Crippen LogP contribution in [0.3, 0.4) is 0 Å². The summed E-state index contributed by atoms with van der Waals surface area (Å²) in [5, 5.41) is 9.88. The van der Waals surface area contributed by atoms with Gasteiger partial charge in [-0.25, -0.2) is 0 Å². The molecule has 5 heteroatoms. The van der Waals surface area contributed by atoms with Gasteiger partial charge in [-0.2, -0.15) is 13.2 Å². The molecule has 0 saturated carbocycles. The fourth-order valence-electron chi connectivity index (χ4n) is 3.64. The predicted octanol–water partition coefficient (Wildman–Crippen LogP) is 4.08. The molecule has 3 rings (SSSR count). The minimum Gasteiger partial charge on any atom is -0.375 e. The summed E-state index contributed by atoms with van der Waals surface area (Å²) in [7, 11) is 0. The van der Waals surface area contributed by atoms with Crippen molar-refractivity contribution >= 4 is 5.57 Å². The number of benzene rings is 1. The van der Waals surface area contributed by atoms with Crippen LogP contribution in [0.15, 0.2) is 43.0 Å². The van der Waals surface area contributed by atoms with Gasteiger partial charge >= 0.3 is 6.18 Å². The Morgan fingerprint density at radius 3 is 2.57 bits per heavy atom. The Kier molecular flexibility index (Phi) is 4.10. The molecule has 2 atom stereocenters. The SMILES string of the molecule is C=CC(O)N1CCC2(CC=C(c3ccc(C(F)(F)F)cc3)C2)C1. The minimum absolute atomic E-state index is 0.0992. The van der Waals surface area contributed by atoms with Crippen LogP contribution >= 0.6 is 0 Å². The van der Waals surface area contributed by atoms with Crippen molar-refractivity contribution < 1.29 is 18.3 Å². The van der Waals surface area contributed by atoms with E-state index in [0.717, 1.165) is 55.6 Å². The Morgan fingerprint density at radius 2 is 1.96 bits per heavy atom. The lowest BCUT2D eigenvalue weighted by Crippen LogP contribution is -2.33. The van der Waals surface area contributed by atoms with Crippen LogP contribution in [0, 0.1) is 5.41 Å². The van der Waals surface area contributed by atoms with Crippen molar-refractivity contribution in [2.45, 2.75) is 31.7 Å². The number of nitrogens with zero attached hydrogens (tertiary/aromatic N) is 1. The zero-order chi connectivity index (χ0) is 16.7. The van der Waals surface area contributed by atoms with E-state index in [0.29, 0.717) is 0 Å². The average molecular weight is 323 g/mol. The Balaban J connectivity index is 1.69. The van der Waals surface area contributed by atoms with E-state index in [4.69, 9.17) is 0 Å². The van der Waals surface area contributed by atoms with Gasteiger partial charge in [0.25, 0.3) is 0 Å². The van der Waals surface area contributed by atoms with Crippen LogP contribution < -0.4 is 0 Å². The fourth-order valence-corrected chi connectivity index (χ4v) is 3.64. The first-order valence-electron chi connectivity index (χ1n) is 7.74. The van der Waals surface area contributed by atoms with Gasteiger partial charge in [0.15, 0.2) is 0 Å². The van der Waals surface area contributed by atoms with Crippen LogP contribution in [0.4, 0.5) is 13.2 Å². The smallest absolute Gasteiger partial charge is 0.375 e. The zero-order valence-electron chi connectivity index (χ0n) is 12.8. The summed E-state index contributed by atoms with van der Waals surface area (Å²) < 4.78 is 37.9. The topological polar surface area (TPSA) is 23.5 Å². The van der Waals surface area contributed by atoms with E-state index in [-0.39, 0.29) is 5.41 Å². The highest BCUT2D eigenvalue weighted by Gasteiger charge is 2.42. The normalized spacial score (nSPS) is 26.5. The second kappa shape index (κ2) is 5.80. The monoisotopic (exact) mass is 323 g/mol. The molecule has 1 heterocycles. The molecule has 23 heavy (non-hydrogen) atoms. The van der Waals surface area contributed by atoms with Crippen LogP contribution in [0.25, 0.3) is 5.57 Å². The molecular weight excluding hydrogens is 303 g/mol. The number of rotatable bonds is 3. The van der Waals surface area contributed by atoms with Gasteiger partial charge < -0.3 is 5.11 Å². The van der Waals surface area contributed by atoms with Gasteiger partial charge in [-0.15, -0.1) is 0 Å². The first kappa shape index (κ1) is 16.3. The summed E-state index contributed by atoms with van der Waals surface area (Å²) in [5.41, 5.74) is 1.45. The summed E-state index contributed by atoms with van der Waals surface area (Å²) in [6.07, 6.45) is 1.48. The standard InChI is InChI=1S/C18H20F3NO/c1-2-16(23)22-10-9-17(12-22)8-7-14(11-17)13-3-5-15(6-4-13)18(19,20)21/h2-7,16,23H,1,8-12H2. The molecule has 2 aliphatic rings. The van der Waals surface area contributed by atoms with Crippen molar-refractivity contribution in [2.24, 2.45) is 5.41 Å². The lowest BCUT2D eigenvalue weighted by molar-refractivity contribution is -0.137. The second-order valence-corrected chi connectivity index (χ2v) is 6.56. The highest BCUT2D eigenvalue weighted by atomic mass is 19.4. The van der Waals surface area contributed by atoms with Gasteiger partial charge in [0.2, 0.25) is 0 Å². The molecule has 2 nitrogen and oxygen atoms in total. The Labute approximate surface area is 133 Å². The van der Waals surface area contributed by atoms with Crippen molar-refractivity contribution in [3.8, 4) is 0 Å². The number of aliphatic hydroxyl groups excluding tert-OH is 1. The highest BCUT2D eigenvalue weighted by Crippen LogP contribution is 2.48. The van der Waals surface area contributed by atoms with Gasteiger partial charge in [-0.1, -0.05) is 24.8 Å². The van der Waals surface area contributed by atoms with Crippen LogP contribution in [-0.4, -0.2) is 29.3 Å². The van der Waals surface area contributed by atoms with E-state index < -0.39 is 18.0 Å². The van der Waals surface area contributed by atoms with Crippen molar-refractivity contribution in [2.75, 3.05) is 13.1 Å². The highest BCUT2D eigenvalue weighted by molar-refractivity contribution is 5.68. The van der Waals surface area contributed by atoms with Gasteiger partial charge in [-0.05, 0) is 54.0 Å². The number of hydrogen-bond acceptors (Lipinski definition) is 2. The maximum atomic E-state index is 12.6. The summed E-state index contributed by atoms with van der Waals surface area (Å²) in [5.74, 6) is 0. The van der Waals surface area contributed by atoms with E-state index in [1.54, 1.807) is 12.1 Å². The number of hydrogen-bond donors (Lipinski definition) is 1. The Morgan fingerprint density at radius 1 is 1.26 bits per heavy atom. The van der Waals surface area contributed by atoms with Gasteiger partial charge in [-0.3, -0.25) is 4.90 Å². The van der Waals surface area contributed by atoms with Crippen molar-refractivity contribution in [3.05, 3.63) is 54.1 Å². The molecule has 0 aromatic heterocycles. The lowest BCUT2D eigenvalue weighted by Gasteiger charge is -2.26. The molecule has 1 N–H and O–H groups in total. The first-order chi connectivity index (χ1) is 10.8. The van der Waals surface area contributed by atoms with Crippen LogP contribution in [0.5, 0.6) is 0 Å². The molecule has 1 spiro atoms. The molecule has 0 amide bonds. The molecule has 1 fully saturated rings. The van der Waals surface area contributed by atoms with E-state index in [1.165, 1.54) is 6.08 Å². The minimum atomic E-state index is -4.30. The van der Waals surface area contributed by atoms with E-state index in [2.05, 4.69) is 12.7 Å². The van der Waals surface area contributed by atoms with E-state index in [1.807, 2.05) is 4.90 Å². The molecule has 1 aliphatic heterocycles. The number of likely N-dealkylation sites (tertiary alicyclic amines) is 1. The third-order valence-corrected chi connectivity index (χ3v) is 4.98. The molecule has 1 aromatic carbocycles. The van der Waals surface area contributed by atoms with Gasteiger partial charge in [0.1, 0.15) is 6.23 Å². The van der Waals surface area contributed by atoms with Gasteiger partial charge in [0, 0.05) is 13.1 Å². The molecule has 1 aliphatic carbocycles. The third-order valence-electron chi connectivity index (χ3n) is 4.98. The van der Waals surface area contributed by atoms with Crippen molar-refractivity contribution in [1.29, 1.82) is 0 Å². The number of aliphatic hydroxyl groups is 1. The summed E-state index contributed by atoms with van der Waals surface area (Å²) in [6, 6.07) is 5.39. The summed E-state index contributed by atoms with van der Waals surface area (Å²) in [4.78, 5) is 2.00. The quantitative estimate of drug-likeness (QED) is 0.847. The molecule has 0 bridgehead atoms. The number of allylic oxidation sites excluding steroid dienone is 2. The number of halogens is 3. The van der Waals surface area contributed by atoms with Crippen molar-refractivity contribution in [3.63, 3.8) is 0 Å². The summed E-state index contributed by atoms with van der Waals surface area (Å²) in [6.45, 7) is 5.23. The second-order valence-electron chi connectivity index (χ2n) is 6.56. The molecule has 1 aromatic rings. The Bertz CT molecular complexity index is 620. The summed E-state index contributed by atoms with van der Waals surface area (Å²) >= 11 is 0. The lowest BCUT2D eigenvalue weighted by atomic mass is 9.83. The largest absolute Gasteiger partial charge is 0.416 e. The molecule has 1 saturated heterocycles. The van der Waals surface area contributed by atoms with Gasteiger partial charge in [0.05, 0.1) is 5.56 Å². The fraction of sp³-hybridized carbons (Fsp3) is 0.444. The third kappa shape index (κ3) is 3.21. The molecule has 124 valence electrons. The Hall–Kier alpha value is -1.59. The van der Waals surface area contributed by atoms with Crippen LogP contribution in [0.2, 0.25) is 0 Å². The maximum Gasteiger partial charge on any atom is 0.416 e. The van der Waals surface area contributed by atoms with Crippen LogP contribution in [0.1, 0.15) is 30.4 Å². The maximum absolute atomic E-state index is 12.6. The molecule has 2 unspecified atom stereocenters. The number of alkyl halides is 3. The van der Waals surface area contributed by atoms with Crippen molar-refractivity contribution in [1.82, 2.24) is 4.90 Å². The first-order valence-corrected chi connectivity index (χ1v) is 7.74. The molecular formula is C18H20F3NO. The van der Waals surface area contributed by atoms with E-state index in [9.17, 15) is 18.3 Å². The average Bonchev–Trinajstić information content (AvgIpc) is 3.14.